The summed E-state index contributed by atoms with van der Waals surface area (Å²) in [6, 6.07) is 5.64. The molecule has 0 bridgehead atoms. The van der Waals surface area contributed by atoms with Gasteiger partial charge in [-0.2, -0.15) is 0 Å². The van der Waals surface area contributed by atoms with Gasteiger partial charge in [0.05, 0.1) is 16.7 Å². The van der Waals surface area contributed by atoms with Crippen LogP contribution in [0.15, 0.2) is 28.2 Å². The second-order valence-electron chi connectivity index (χ2n) is 9.60. The molecule has 2 aliphatic rings. The predicted molar refractivity (Wildman–Crippen MR) is 136 cm³/mol. The number of carbonyl (C=O) groups excluding carboxylic acids is 2. The van der Waals surface area contributed by atoms with Gasteiger partial charge in [0.2, 0.25) is 11.7 Å². The van der Waals surface area contributed by atoms with Crippen LogP contribution in [-0.4, -0.2) is 48.8 Å². The summed E-state index contributed by atoms with van der Waals surface area (Å²) in [5.41, 5.74) is 0.933. The lowest BCUT2D eigenvalue weighted by molar-refractivity contribution is -0.119. The number of hydrogen-bond donors (Lipinski definition) is 2. The summed E-state index contributed by atoms with van der Waals surface area (Å²) in [5.74, 6) is 0.480. The summed E-state index contributed by atoms with van der Waals surface area (Å²) < 4.78 is 3.43. The Labute approximate surface area is 208 Å². The van der Waals surface area contributed by atoms with E-state index in [1.165, 1.54) is 11.8 Å². The molecule has 0 spiro atoms. The Morgan fingerprint density at radius 3 is 2.40 bits per heavy atom. The van der Waals surface area contributed by atoms with Crippen molar-refractivity contribution in [3.05, 3.63) is 34.1 Å². The Bertz CT molecular complexity index is 1300. The molecule has 2 fully saturated rings. The highest BCUT2D eigenvalue weighted by Crippen LogP contribution is 2.24. The maximum Gasteiger partial charge on any atom is 0.262 e. The van der Waals surface area contributed by atoms with Crippen molar-refractivity contribution in [1.29, 1.82) is 0 Å². The van der Waals surface area contributed by atoms with Gasteiger partial charge in [-0.25, -0.2) is 0 Å². The lowest BCUT2D eigenvalue weighted by Crippen LogP contribution is -2.33. The zero-order valence-corrected chi connectivity index (χ0v) is 20.9. The van der Waals surface area contributed by atoms with Gasteiger partial charge in [0.1, 0.15) is 0 Å². The molecule has 0 aliphatic heterocycles. The summed E-state index contributed by atoms with van der Waals surface area (Å²) in [6.07, 6.45) is 9.41. The quantitative estimate of drug-likeness (QED) is 0.463. The lowest BCUT2D eigenvalue weighted by atomic mass is 10.1. The van der Waals surface area contributed by atoms with Crippen LogP contribution in [0.1, 0.15) is 75.1 Å². The molecule has 0 radical (unpaired) electrons. The minimum Gasteiger partial charge on any atom is -0.353 e. The van der Waals surface area contributed by atoms with E-state index < -0.39 is 0 Å². The van der Waals surface area contributed by atoms with E-state index in [0.29, 0.717) is 33.9 Å². The number of thioether (sulfide) groups is 1. The molecular formula is C25H32N6O3S. The fraction of sp³-hybridized carbons (Fsp3) is 0.560. The van der Waals surface area contributed by atoms with Crippen LogP contribution < -0.4 is 16.2 Å². The number of carbonyl (C=O) groups is 2. The predicted octanol–water partition coefficient (Wildman–Crippen LogP) is 3.28. The van der Waals surface area contributed by atoms with Crippen molar-refractivity contribution >= 4 is 40.3 Å². The molecule has 0 saturated heterocycles. The van der Waals surface area contributed by atoms with E-state index in [1.807, 2.05) is 11.3 Å². The number of benzene rings is 1. The fourth-order valence-electron chi connectivity index (χ4n) is 5.25. The second-order valence-corrected chi connectivity index (χ2v) is 10.5. The van der Waals surface area contributed by atoms with Gasteiger partial charge in [-0.05, 0) is 50.3 Å². The van der Waals surface area contributed by atoms with E-state index >= 15 is 0 Å². The van der Waals surface area contributed by atoms with Crippen molar-refractivity contribution in [2.24, 2.45) is 0 Å². The normalized spacial score (nSPS) is 16.9. The molecule has 0 atom stereocenters. The van der Waals surface area contributed by atoms with Crippen molar-refractivity contribution in [2.75, 3.05) is 5.75 Å². The van der Waals surface area contributed by atoms with E-state index in [2.05, 4.69) is 20.8 Å². The summed E-state index contributed by atoms with van der Waals surface area (Å²) >= 11 is 1.30. The van der Waals surface area contributed by atoms with Crippen molar-refractivity contribution in [3.63, 3.8) is 0 Å². The first-order valence-corrected chi connectivity index (χ1v) is 13.7. The first-order valence-electron chi connectivity index (χ1n) is 12.7. The molecule has 10 heteroatoms. The van der Waals surface area contributed by atoms with Crippen LogP contribution in [0.5, 0.6) is 0 Å². The number of nitrogens with one attached hydrogen (secondary N) is 2. The molecule has 35 heavy (non-hydrogen) atoms. The molecule has 9 nitrogen and oxygen atoms in total. The van der Waals surface area contributed by atoms with Gasteiger partial charge in [0.15, 0.2) is 5.16 Å². The zero-order chi connectivity index (χ0) is 24.4. The van der Waals surface area contributed by atoms with Gasteiger partial charge in [0.25, 0.3) is 11.5 Å². The van der Waals surface area contributed by atoms with Crippen LogP contribution in [0.25, 0.3) is 16.7 Å². The van der Waals surface area contributed by atoms with Gasteiger partial charge in [-0.1, -0.05) is 44.4 Å². The maximum absolute atomic E-state index is 13.3. The van der Waals surface area contributed by atoms with E-state index in [-0.39, 0.29) is 35.2 Å². The number of aromatic nitrogens is 4. The topological polar surface area (TPSA) is 110 Å². The number of nitrogens with zero attached hydrogens (tertiary/aromatic N) is 4. The van der Waals surface area contributed by atoms with E-state index in [4.69, 9.17) is 0 Å². The summed E-state index contributed by atoms with van der Waals surface area (Å²) in [6.45, 7) is 2.51. The average Bonchev–Trinajstić information content (AvgIpc) is 3.63. The van der Waals surface area contributed by atoms with Crippen molar-refractivity contribution in [3.8, 4) is 0 Å². The third-order valence-electron chi connectivity index (χ3n) is 7.02. The lowest BCUT2D eigenvalue weighted by Gasteiger charge is -2.14. The SMILES string of the molecule is CCCn1c(=O)c2ccc(C(=O)NC3CCCC3)cc2n2c(SCC(=O)NC3CCCC3)nnc12. The number of amides is 2. The fourth-order valence-corrected chi connectivity index (χ4v) is 6.00. The smallest absolute Gasteiger partial charge is 0.262 e. The van der Waals surface area contributed by atoms with Gasteiger partial charge >= 0.3 is 0 Å². The molecule has 2 N–H and O–H groups in total. The molecule has 2 amide bonds. The Balaban J connectivity index is 1.49. The highest BCUT2D eigenvalue weighted by Gasteiger charge is 2.22. The Morgan fingerprint density at radius 2 is 1.71 bits per heavy atom. The summed E-state index contributed by atoms with van der Waals surface area (Å²) in [7, 11) is 0. The van der Waals surface area contributed by atoms with Gasteiger partial charge < -0.3 is 10.6 Å². The van der Waals surface area contributed by atoms with Crippen LogP contribution >= 0.6 is 11.8 Å². The van der Waals surface area contributed by atoms with Gasteiger partial charge in [-0.3, -0.25) is 23.4 Å². The van der Waals surface area contributed by atoms with Crippen molar-refractivity contribution in [2.45, 2.75) is 88.5 Å². The first kappa shape index (κ1) is 23.8. The molecule has 2 heterocycles. The van der Waals surface area contributed by atoms with Crippen LogP contribution in [0.4, 0.5) is 0 Å². The van der Waals surface area contributed by atoms with Crippen molar-refractivity contribution < 1.29 is 9.59 Å². The maximum atomic E-state index is 13.3. The number of fused-ring (bicyclic) bond motifs is 3. The van der Waals surface area contributed by atoms with E-state index in [1.54, 1.807) is 22.8 Å². The molecule has 3 aromatic rings. The Kier molecular flexibility index (Phi) is 7.08. The van der Waals surface area contributed by atoms with Crippen molar-refractivity contribution in [1.82, 2.24) is 29.8 Å². The molecule has 0 unspecified atom stereocenters. The Hall–Kier alpha value is -2.88. The highest BCUT2D eigenvalue weighted by molar-refractivity contribution is 7.99. The monoisotopic (exact) mass is 496 g/mol. The third kappa shape index (κ3) is 4.94. The van der Waals surface area contributed by atoms with Crippen LogP contribution in [0.3, 0.4) is 0 Å². The zero-order valence-electron chi connectivity index (χ0n) is 20.1. The summed E-state index contributed by atoms with van der Waals surface area (Å²) in [4.78, 5) is 38.7. The molecule has 2 aliphatic carbocycles. The number of aryl methyl sites for hydroxylation is 1. The third-order valence-corrected chi connectivity index (χ3v) is 7.95. The Morgan fingerprint density at radius 1 is 1.03 bits per heavy atom. The molecule has 2 aromatic heterocycles. The van der Waals surface area contributed by atoms with Crippen LogP contribution in [0.2, 0.25) is 0 Å². The molecule has 1 aromatic carbocycles. The van der Waals surface area contributed by atoms with E-state index in [9.17, 15) is 14.4 Å². The standard InChI is InChI=1S/C25H32N6O3S/c1-2-13-30-23(34)19-12-11-16(22(33)27-18-9-5-6-10-18)14-20(19)31-24(30)28-29-25(31)35-15-21(32)26-17-7-3-4-8-17/h11-12,14,17-18H,2-10,13,15H2,1H3,(H,26,32)(H,27,33). The van der Waals surface area contributed by atoms with E-state index in [0.717, 1.165) is 57.8 Å². The molecular weight excluding hydrogens is 464 g/mol. The minimum absolute atomic E-state index is 0.0264. The minimum atomic E-state index is -0.153. The molecule has 2 saturated carbocycles. The number of rotatable bonds is 8. The van der Waals surface area contributed by atoms with Gasteiger partial charge in [-0.15, -0.1) is 10.2 Å². The average molecular weight is 497 g/mol. The highest BCUT2D eigenvalue weighted by atomic mass is 32.2. The van der Waals surface area contributed by atoms with Crippen LogP contribution in [0, 0.1) is 0 Å². The first-order chi connectivity index (χ1) is 17.0. The second kappa shape index (κ2) is 10.4. The molecule has 5 rings (SSSR count). The molecule has 186 valence electrons. The summed E-state index contributed by atoms with van der Waals surface area (Å²) in [5, 5.41) is 15.9. The van der Waals surface area contributed by atoms with Gasteiger partial charge in [0, 0.05) is 24.2 Å². The van der Waals surface area contributed by atoms with Crippen LogP contribution in [-0.2, 0) is 11.3 Å². The number of hydrogen-bond acceptors (Lipinski definition) is 6. The largest absolute Gasteiger partial charge is 0.353 e.